The van der Waals surface area contributed by atoms with E-state index in [1.165, 1.54) is 0 Å². The molecule has 0 aliphatic heterocycles. The van der Waals surface area contributed by atoms with E-state index < -0.39 is 0 Å². The summed E-state index contributed by atoms with van der Waals surface area (Å²) in [7, 11) is 0. The zero-order chi connectivity index (χ0) is 13.2. The van der Waals surface area contributed by atoms with Crippen molar-refractivity contribution in [1.82, 2.24) is 9.55 Å². The molecule has 0 unspecified atom stereocenters. The second-order valence-electron chi connectivity index (χ2n) is 4.29. The minimum absolute atomic E-state index is 0.490. The third-order valence-electron chi connectivity index (χ3n) is 3.03. The molecule has 0 saturated heterocycles. The first-order chi connectivity index (χ1) is 9.28. The van der Waals surface area contributed by atoms with Crippen molar-refractivity contribution >= 4 is 22.6 Å². The van der Waals surface area contributed by atoms with E-state index in [-0.39, 0.29) is 0 Å². The van der Waals surface area contributed by atoms with Gasteiger partial charge in [0, 0.05) is 6.54 Å². The topological polar surface area (TPSA) is 41.6 Å². The minimum Gasteiger partial charge on any atom is -0.326 e. The van der Waals surface area contributed by atoms with Crippen molar-refractivity contribution in [2.75, 3.05) is 0 Å². The number of aromatic nitrogens is 2. The van der Waals surface area contributed by atoms with Crippen molar-refractivity contribution in [3.63, 3.8) is 0 Å². The number of hydrogen-bond acceptors (Lipinski definition) is 2. The monoisotopic (exact) mass is 267 g/mol. The van der Waals surface area contributed by atoms with Crippen LogP contribution in [0.5, 0.6) is 0 Å². The quantitative estimate of drug-likeness (QED) is 0.712. The molecular weight excluding hydrogens is 258 g/mol. The molecule has 1 aromatic heterocycles. The van der Waals surface area contributed by atoms with Crippen molar-refractivity contribution in [1.29, 1.82) is 5.26 Å². The number of halogens is 1. The maximum Gasteiger partial charge on any atom is 0.101 e. The summed E-state index contributed by atoms with van der Waals surface area (Å²) in [6, 6.07) is 15.5. The largest absolute Gasteiger partial charge is 0.326 e. The second kappa shape index (κ2) is 4.75. The van der Waals surface area contributed by atoms with Gasteiger partial charge in [0.15, 0.2) is 0 Å². The van der Waals surface area contributed by atoms with E-state index in [1.807, 2.05) is 42.7 Å². The van der Waals surface area contributed by atoms with Crippen LogP contribution in [-0.4, -0.2) is 9.55 Å². The molecule has 3 rings (SSSR count). The summed E-state index contributed by atoms with van der Waals surface area (Å²) < 4.78 is 2.06. The molecule has 0 aliphatic carbocycles. The molecule has 0 spiro atoms. The molecule has 4 heteroatoms. The Kier molecular flexibility index (Phi) is 2.94. The van der Waals surface area contributed by atoms with Gasteiger partial charge in [0.25, 0.3) is 0 Å². The Morgan fingerprint density at radius 2 is 2.05 bits per heavy atom. The molecule has 3 aromatic rings. The summed E-state index contributed by atoms with van der Waals surface area (Å²) >= 11 is 6.04. The highest BCUT2D eigenvalue weighted by atomic mass is 35.5. The lowest BCUT2D eigenvalue weighted by Crippen LogP contribution is -1.98. The normalized spacial score (nSPS) is 10.5. The number of fused-ring (bicyclic) bond motifs is 1. The van der Waals surface area contributed by atoms with Crippen molar-refractivity contribution < 1.29 is 0 Å². The van der Waals surface area contributed by atoms with Gasteiger partial charge in [-0.15, -0.1) is 0 Å². The van der Waals surface area contributed by atoms with Gasteiger partial charge < -0.3 is 4.57 Å². The van der Waals surface area contributed by atoms with Crippen LogP contribution in [0.1, 0.15) is 11.1 Å². The van der Waals surface area contributed by atoms with Gasteiger partial charge in [-0.3, -0.25) is 0 Å². The Balaban J connectivity index is 1.97. The van der Waals surface area contributed by atoms with Crippen molar-refractivity contribution in [2.24, 2.45) is 0 Å². The molecule has 0 saturated carbocycles. The van der Waals surface area contributed by atoms with E-state index in [9.17, 15) is 0 Å². The second-order valence-corrected chi connectivity index (χ2v) is 4.69. The highest BCUT2D eigenvalue weighted by Crippen LogP contribution is 2.19. The van der Waals surface area contributed by atoms with Crippen LogP contribution in [-0.2, 0) is 6.54 Å². The summed E-state index contributed by atoms with van der Waals surface area (Å²) in [5, 5.41) is 9.35. The van der Waals surface area contributed by atoms with Crippen LogP contribution in [0.25, 0.3) is 11.0 Å². The summed E-state index contributed by atoms with van der Waals surface area (Å²) in [5.74, 6) is 0. The average molecular weight is 268 g/mol. The highest BCUT2D eigenvalue weighted by Gasteiger charge is 2.04. The van der Waals surface area contributed by atoms with Crippen molar-refractivity contribution in [3.8, 4) is 6.07 Å². The van der Waals surface area contributed by atoms with Crippen LogP contribution in [0, 0.1) is 11.3 Å². The summed E-state index contributed by atoms with van der Waals surface area (Å²) in [4.78, 5) is 4.35. The Hall–Kier alpha value is -2.31. The number of para-hydroxylation sites is 2. The van der Waals surface area contributed by atoms with Crippen LogP contribution in [0.15, 0.2) is 48.8 Å². The molecule has 0 bridgehead atoms. The van der Waals surface area contributed by atoms with Gasteiger partial charge in [0.2, 0.25) is 0 Å². The number of rotatable bonds is 2. The molecular formula is C15H10ClN3. The van der Waals surface area contributed by atoms with Gasteiger partial charge in [-0.2, -0.15) is 5.26 Å². The summed E-state index contributed by atoms with van der Waals surface area (Å²) in [6.07, 6.45) is 1.82. The van der Waals surface area contributed by atoms with Gasteiger partial charge in [-0.05, 0) is 29.8 Å². The first kappa shape index (κ1) is 11.8. The molecule has 1 heterocycles. The third-order valence-corrected chi connectivity index (χ3v) is 3.35. The molecule has 0 N–H and O–H groups in total. The Morgan fingerprint density at radius 3 is 2.84 bits per heavy atom. The first-order valence-corrected chi connectivity index (χ1v) is 6.24. The van der Waals surface area contributed by atoms with E-state index in [4.69, 9.17) is 16.9 Å². The van der Waals surface area contributed by atoms with Gasteiger partial charge in [0.05, 0.1) is 27.9 Å². The summed E-state index contributed by atoms with van der Waals surface area (Å²) in [5.41, 5.74) is 3.61. The lowest BCUT2D eigenvalue weighted by molar-refractivity contribution is 0.824. The molecule has 19 heavy (non-hydrogen) atoms. The summed E-state index contributed by atoms with van der Waals surface area (Å²) in [6.45, 7) is 0.686. The standard InChI is InChI=1S/C15H10ClN3/c16-13-7-11(5-6-12(13)8-17)9-19-10-18-14-3-1-2-4-15(14)19/h1-7,10H,9H2. The Morgan fingerprint density at radius 1 is 1.21 bits per heavy atom. The van der Waals surface area contributed by atoms with Gasteiger partial charge >= 0.3 is 0 Å². The van der Waals surface area contributed by atoms with Crippen LogP contribution in [0.4, 0.5) is 0 Å². The predicted octanol–water partition coefficient (Wildman–Crippen LogP) is 3.61. The highest BCUT2D eigenvalue weighted by molar-refractivity contribution is 6.31. The number of imidazole rings is 1. The maximum absolute atomic E-state index is 8.86. The van der Waals surface area contributed by atoms with Gasteiger partial charge in [-0.1, -0.05) is 29.8 Å². The lowest BCUT2D eigenvalue weighted by atomic mass is 10.1. The number of benzene rings is 2. The average Bonchev–Trinajstić information content (AvgIpc) is 2.83. The van der Waals surface area contributed by atoms with Crippen LogP contribution >= 0.6 is 11.6 Å². The molecule has 0 atom stereocenters. The van der Waals surface area contributed by atoms with E-state index >= 15 is 0 Å². The van der Waals surface area contributed by atoms with Crippen molar-refractivity contribution in [2.45, 2.75) is 6.54 Å². The van der Waals surface area contributed by atoms with Crippen molar-refractivity contribution in [3.05, 3.63) is 64.9 Å². The molecule has 0 aliphatic rings. The minimum atomic E-state index is 0.490. The van der Waals surface area contributed by atoms with Crippen LogP contribution in [0.3, 0.4) is 0 Å². The maximum atomic E-state index is 8.86. The zero-order valence-corrected chi connectivity index (χ0v) is 10.8. The first-order valence-electron chi connectivity index (χ1n) is 5.86. The lowest BCUT2D eigenvalue weighted by Gasteiger charge is -2.05. The van der Waals surface area contributed by atoms with Crippen LogP contribution in [0.2, 0.25) is 5.02 Å². The van der Waals surface area contributed by atoms with Crippen LogP contribution < -0.4 is 0 Å². The molecule has 0 fully saturated rings. The number of nitrogens with zero attached hydrogens (tertiary/aromatic N) is 3. The fraction of sp³-hybridized carbons (Fsp3) is 0.0667. The smallest absolute Gasteiger partial charge is 0.101 e. The fourth-order valence-corrected chi connectivity index (χ4v) is 2.33. The molecule has 3 nitrogen and oxygen atoms in total. The number of hydrogen-bond donors (Lipinski definition) is 0. The third kappa shape index (κ3) is 2.18. The zero-order valence-electron chi connectivity index (χ0n) is 10.0. The molecule has 2 aromatic carbocycles. The van der Waals surface area contributed by atoms with E-state index in [0.717, 1.165) is 16.6 Å². The Labute approximate surface area is 115 Å². The van der Waals surface area contributed by atoms with E-state index in [1.54, 1.807) is 6.07 Å². The molecule has 92 valence electrons. The SMILES string of the molecule is N#Cc1ccc(Cn2cnc3ccccc32)cc1Cl. The molecule has 0 amide bonds. The van der Waals surface area contributed by atoms with E-state index in [2.05, 4.69) is 15.6 Å². The fourth-order valence-electron chi connectivity index (χ4n) is 2.08. The number of nitriles is 1. The van der Waals surface area contributed by atoms with E-state index in [0.29, 0.717) is 17.1 Å². The van der Waals surface area contributed by atoms with Gasteiger partial charge in [-0.25, -0.2) is 4.98 Å². The predicted molar refractivity (Wildman–Crippen MR) is 75.0 cm³/mol. The Bertz CT molecular complexity index is 783. The van der Waals surface area contributed by atoms with Gasteiger partial charge in [0.1, 0.15) is 6.07 Å². The molecule has 0 radical (unpaired) electrons.